The van der Waals surface area contributed by atoms with Crippen LogP contribution in [0.5, 0.6) is 0 Å². The molecule has 92 valence electrons. The van der Waals surface area contributed by atoms with Crippen molar-refractivity contribution in [1.29, 1.82) is 0 Å². The van der Waals surface area contributed by atoms with Crippen LogP contribution in [-0.4, -0.2) is 32.8 Å². The van der Waals surface area contributed by atoms with Crippen molar-refractivity contribution in [3.8, 4) is 0 Å². The predicted molar refractivity (Wildman–Crippen MR) is 70.8 cm³/mol. The van der Waals surface area contributed by atoms with Crippen molar-refractivity contribution < 1.29 is 0 Å². The van der Waals surface area contributed by atoms with E-state index >= 15 is 0 Å². The molecule has 0 saturated carbocycles. The molecular formula is C13H19N3O. The van der Waals surface area contributed by atoms with Gasteiger partial charge >= 0.3 is 0 Å². The third-order valence-electron chi connectivity index (χ3n) is 4.02. The zero-order valence-electron chi connectivity index (χ0n) is 10.2. The Morgan fingerprint density at radius 1 is 1.29 bits per heavy atom. The van der Waals surface area contributed by atoms with Crippen molar-refractivity contribution >= 4 is 11.4 Å². The molecule has 0 aromatic heterocycles. The number of hydrogen-bond acceptors (Lipinski definition) is 3. The smallest absolute Gasteiger partial charge is 0.159 e. The number of hydroxylamine groups is 2. The van der Waals surface area contributed by atoms with Crippen LogP contribution < -0.4 is 14.9 Å². The highest BCUT2D eigenvalue weighted by Gasteiger charge is 2.40. The van der Waals surface area contributed by atoms with E-state index in [2.05, 4.69) is 10.2 Å². The van der Waals surface area contributed by atoms with Crippen LogP contribution in [0.4, 0.5) is 11.4 Å². The van der Waals surface area contributed by atoms with Crippen LogP contribution in [-0.2, 0) is 0 Å². The summed E-state index contributed by atoms with van der Waals surface area (Å²) in [4.78, 5) is 2.09. The van der Waals surface area contributed by atoms with E-state index in [4.69, 9.17) is 0 Å². The largest absolute Gasteiger partial charge is 0.626 e. The third kappa shape index (κ3) is 1.64. The monoisotopic (exact) mass is 233 g/mol. The van der Waals surface area contributed by atoms with Crippen LogP contribution in [0.25, 0.3) is 0 Å². The zero-order valence-corrected chi connectivity index (χ0v) is 10.2. The van der Waals surface area contributed by atoms with Gasteiger partial charge in [0.05, 0.1) is 6.04 Å². The first-order chi connectivity index (χ1) is 8.22. The maximum atomic E-state index is 13.2. The molecule has 0 aliphatic carbocycles. The Balaban J connectivity index is 1.98. The van der Waals surface area contributed by atoms with Gasteiger partial charge in [0.1, 0.15) is 5.69 Å². The van der Waals surface area contributed by atoms with E-state index in [0.29, 0.717) is 6.67 Å². The first-order valence-electron chi connectivity index (χ1n) is 6.32. The normalized spacial score (nSPS) is 29.4. The van der Waals surface area contributed by atoms with Crippen LogP contribution in [0.1, 0.15) is 12.8 Å². The fourth-order valence-electron chi connectivity index (χ4n) is 3.11. The number of fused-ring (bicyclic) bond motifs is 1. The number of rotatable bonds is 1. The first-order valence-corrected chi connectivity index (χ1v) is 6.32. The van der Waals surface area contributed by atoms with E-state index in [1.54, 1.807) is 0 Å². The molecule has 1 unspecified atom stereocenters. The molecule has 17 heavy (non-hydrogen) atoms. The first kappa shape index (κ1) is 11.0. The molecule has 1 atom stereocenters. The Morgan fingerprint density at radius 2 is 2.00 bits per heavy atom. The average molecular weight is 233 g/mol. The van der Waals surface area contributed by atoms with Crippen molar-refractivity contribution in [1.82, 2.24) is 9.96 Å². The van der Waals surface area contributed by atoms with Crippen LogP contribution >= 0.6 is 0 Å². The maximum absolute atomic E-state index is 13.2. The second kappa shape index (κ2) is 3.98. The van der Waals surface area contributed by atoms with Gasteiger partial charge in [0.15, 0.2) is 12.4 Å². The Morgan fingerprint density at radius 3 is 2.76 bits per heavy atom. The minimum atomic E-state index is -0.158. The molecule has 3 rings (SSSR count). The van der Waals surface area contributed by atoms with E-state index in [-0.39, 0.29) is 10.7 Å². The van der Waals surface area contributed by atoms with Gasteiger partial charge in [0, 0.05) is 39.0 Å². The van der Waals surface area contributed by atoms with Gasteiger partial charge in [-0.25, -0.2) is 0 Å². The maximum Gasteiger partial charge on any atom is 0.159 e. The molecule has 0 amide bonds. The summed E-state index contributed by atoms with van der Waals surface area (Å²) < 4.78 is -0.158. The number of piperidine rings is 1. The van der Waals surface area contributed by atoms with Gasteiger partial charge in [-0.15, -0.1) is 0 Å². The summed E-state index contributed by atoms with van der Waals surface area (Å²) in [5.74, 6) is 0. The third-order valence-corrected chi connectivity index (χ3v) is 4.02. The molecule has 4 heteroatoms. The van der Waals surface area contributed by atoms with Crippen LogP contribution in [0.3, 0.4) is 0 Å². The number of quaternary nitrogens is 1. The molecule has 2 heterocycles. The average Bonchev–Trinajstić information content (AvgIpc) is 2.65. The molecular weight excluding hydrogens is 214 g/mol. The number of nitrogens with one attached hydrogen (secondary N) is 1. The molecule has 1 fully saturated rings. The Hall–Kier alpha value is -1.10. The fourth-order valence-corrected chi connectivity index (χ4v) is 3.11. The van der Waals surface area contributed by atoms with E-state index in [9.17, 15) is 5.21 Å². The van der Waals surface area contributed by atoms with Gasteiger partial charge in [-0.2, -0.15) is 0 Å². The molecule has 1 saturated heterocycles. The lowest BCUT2D eigenvalue weighted by molar-refractivity contribution is 0.240. The van der Waals surface area contributed by atoms with Gasteiger partial charge in [0.2, 0.25) is 0 Å². The van der Waals surface area contributed by atoms with Gasteiger partial charge in [-0.3, -0.25) is 0 Å². The topological polar surface area (TPSA) is 38.3 Å². The summed E-state index contributed by atoms with van der Waals surface area (Å²) in [7, 11) is 2.01. The van der Waals surface area contributed by atoms with Gasteiger partial charge < -0.3 is 20.1 Å². The van der Waals surface area contributed by atoms with Crippen LogP contribution in [0.15, 0.2) is 24.3 Å². The molecule has 1 aromatic rings. The minimum Gasteiger partial charge on any atom is -0.626 e. The van der Waals surface area contributed by atoms with E-state index < -0.39 is 0 Å². The Bertz CT molecular complexity index is 417. The number of para-hydroxylation sites is 2. The molecule has 2 aliphatic heterocycles. The summed E-state index contributed by atoms with van der Waals surface area (Å²) >= 11 is 0. The highest BCUT2D eigenvalue weighted by Crippen LogP contribution is 2.42. The predicted octanol–water partition coefficient (Wildman–Crippen LogP) is 1.65. The zero-order chi connectivity index (χ0) is 11.9. The number of benzene rings is 1. The molecule has 1 aromatic carbocycles. The highest BCUT2D eigenvalue weighted by molar-refractivity contribution is 5.74. The summed E-state index contributed by atoms with van der Waals surface area (Å²) in [5, 5.41) is 16.5. The molecule has 4 nitrogen and oxygen atoms in total. The van der Waals surface area contributed by atoms with E-state index in [1.807, 2.05) is 31.3 Å². The lowest BCUT2D eigenvalue weighted by atomic mass is 10.0. The lowest BCUT2D eigenvalue weighted by Gasteiger charge is -2.46. The number of anilines is 1. The minimum absolute atomic E-state index is 0.158. The molecule has 1 N–H and O–H groups in total. The SMILES string of the molecule is CN1C[N+]([O-])(C2CCNCC2)c2ccccc21. The van der Waals surface area contributed by atoms with E-state index in [1.165, 1.54) is 0 Å². The Labute approximate surface area is 102 Å². The van der Waals surface area contributed by atoms with Crippen LogP contribution in [0.2, 0.25) is 0 Å². The second-order valence-electron chi connectivity index (χ2n) is 5.10. The highest BCUT2D eigenvalue weighted by atomic mass is 16.6. The van der Waals surface area contributed by atoms with Crippen molar-refractivity contribution in [3.05, 3.63) is 29.5 Å². The van der Waals surface area contributed by atoms with E-state index in [0.717, 1.165) is 37.3 Å². The number of hydrogen-bond donors (Lipinski definition) is 1. The summed E-state index contributed by atoms with van der Waals surface area (Å²) in [6, 6.07) is 8.24. The standard InChI is InChI=1S/C13H19N3O/c1-15-10-16(17,11-6-8-14-9-7-11)13-5-3-2-4-12(13)15/h2-5,11,14H,6-10H2,1H3. The van der Waals surface area contributed by atoms with Gasteiger partial charge in [-0.05, 0) is 6.07 Å². The van der Waals surface area contributed by atoms with Gasteiger partial charge in [-0.1, -0.05) is 12.1 Å². The summed E-state index contributed by atoms with van der Waals surface area (Å²) in [5.41, 5.74) is 2.04. The van der Waals surface area contributed by atoms with Gasteiger partial charge in [0.25, 0.3) is 0 Å². The summed E-state index contributed by atoms with van der Waals surface area (Å²) in [6.45, 7) is 2.50. The Kier molecular flexibility index (Phi) is 2.58. The van der Waals surface area contributed by atoms with Crippen molar-refractivity contribution in [2.75, 3.05) is 31.7 Å². The quantitative estimate of drug-likeness (QED) is 0.592. The second-order valence-corrected chi connectivity index (χ2v) is 5.10. The van der Waals surface area contributed by atoms with Crippen LogP contribution in [0, 0.1) is 5.21 Å². The van der Waals surface area contributed by atoms with Crippen molar-refractivity contribution in [2.24, 2.45) is 0 Å². The lowest BCUT2D eigenvalue weighted by Crippen LogP contribution is -2.56. The molecule has 2 aliphatic rings. The number of nitrogens with zero attached hydrogens (tertiary/aromatic N) is 2. The molecule has 0 spiro atoms. The van der Waals surface area contributed by atoms with Crippen molar-refractivity contribution in [3.63, 3.8) is 0 Å². The summed E-state index contributed by atoms with van der Waals surface area (Å²) in [6.07, 6.45) is 1.96. The molecule has 0 bridgehead atoms. The fraction of sp³-hybridized carbons (Fsp3) is 0.538. The van der Waals surface area contributed by atoms with Crippen molar-refractivity contribution in [2.45, 2.75) is 18.9 Å². The molecule has 0 radical (unpaired) electrons.